The Morgan fingerprint density at radius 3 is 2.48 bits per heavy atom. The van der Waals surface area contributed by atoms with E-state index in [-0.39, 0.29) is 49.3 Å². The average molecular weight is 460 g/mol. The van der Waals surface area contributed by atoms with E-state index in [1.807, 2.05) is 13.8 Å². The molecule has 0 saturated carbocycles. The SMILES string of the molecule is C.COC(=O)C(CCC(=O)Cc1cn2cc(-c3cc#ccc3)cc(C(F)(F)F)c2n1)C(C)C. The van der Waals surface area contributed by atoms with Gasteiger partial charge in [-0.3, -0.25) is 9.59 Å². The molecule has 0 N–H and O–H groups in total. The summed E-state index contributed by atoms with van der Waals surface area (Å²) in [7, 11) is 1.30. The van der Waals surface area contributed by atoms with Crippen molar-refractivity contribution in [3.8, 4) is 11.1 Å². The van der Waals surface area contributed by atoms with Gasteiger partial charge >= 0.3 is 12.1 Å². The molecular weight excluding hydrogens is 433 g/mol. The summed E-state index contributed by atoms with van der Waals surface area (Å²) in [5, 5.41) is 0. The number of alkyl halides is 3. The second kappa shape index (κ2) is 10.5. The first-order valence-electron chi connectivity index (χ1n) is 10.2. The molecule has 0 spiro atoms. The van der Waals surface area contributed by atoms with Gasteiger partial charge in [-0.15, -0.1) is 0 Å². The van der Waals surface area contributed by atoms with Crippen LogP contribution in [-0.4, -0.2) is 28.2 Å². The number of Topliss-reactive ketones (excluding diaryl/α,β-unsaturated/α-hetero) is 1. The van der Waals surface area contributed by atoms with Gasteiger partial charge < -0.3 is 9.14 Å². The van der Waals surface area contributed by atoms with Crippen molar-refractivity contribution in [1.82, 2.24) is 9.38 Å². The van der Waals surface area contributed by atoms with Crippen molar-refractivity contribution in [1.29, 1.82) is 0 Å². The Balaban J connectivity index is 0.00000385. The molecule has 1 unspecified atom stereocenters. The first-order chi connectivity index (χ1) is 15.1. The normalized spacial score (nSPS) is 12.2. The van der Waals surface area contributed by atoms with Gasteiger partial charge in [-0.1, -0.05) is 33.4 Å². The zero-order valence-electron chi connectivity index (χ0n) is 18.0. The summed E-state index contributed by atoms with van der Waals surface area (Å²) in [5.74, 6) is -0.987. The number of carbonyl (C=O) groups is 2. The van der Waals surface area contributed by atoms with Crippen LogP contribution in [0.1, 0.15) is 45.4 Å². The molecule has 5 nitrogen and oxygen atoms in total. The van der Waals surface area contributed by atoms with Crippen LogP contribution in [0.3, 0.4) is 0 Å². The van der Waals surface area contributed by atoms with Crippen molar-refractivity contribution in [2.24, 2.45) is 11.8 Å². The van der Waals surface area contributed by atoms with Crippen molar-refractivity contribution in [2.75, 3.05) is 7.11 Å². The number of rotatable bonds is 8. The van der Waals surface area contributed by atoms with Crippen LogP contribution in [0.2, 0.25) is 0 Å². The largest absolute Gasteiger partial charge is 0.469 e. The van der Waals surface area contributed by atoms with E-state index in [1.165, 1.54) is 17.7 Å². The van der Waals surface area contributed by atoms with Gasteiger partial charge in [-0.05, 0) is 47.7 Å². The molecule has 0 radical (unpaired) electrons. The fraction of sp³-hybridized carbons (Fsp3) is 0.400. The highest BCUT2D eigenvalue weighted by Gasteiger charge is 2.35. The number of methoxy groups -OCH3 is 1. The Morgan fingerprint density at radius 2 is 1.91 bits per heavy atom. The number of carbonyl (C=O) groups excluding carboxylic acids is 2. The molecule has 0 aliphatic carbocycles. The lowest BCUT2D eigenvalue weighted by Crippen LogP contribution is -2.22. The molecule has 1 atom stereocenters. The fourth-order valence-electron chi connectivity index (χ4n) is 3.61. The van der Waals surface area contributed by atoms with E-state index in [4.69, 9.17) is 4.74 Å². The molecule has 0 fully saturated rings. The average Bonchev–Trinajstić information content (AvgIpc) is 3.14. The summed E-state index contributed by atoms with van der Waals surface area (Å²) in [4.78, 5) is 28.4. The number of hydrogen-bond acceptors (Lipinski definition) is 4. The van der Waals surface area contributed by atoms with E-state index in [1.54, 1.807) is 24.4 Å². The molecule has 176 valence electrons. The van der Waals surface area contributed by atoms with Gasteiger partial charge in [0.15, 0.2) is 0 Å². The molecule has 2 heterocycles. The molecule has 33 heavy (non-hydrogen) atoms. The Morgan fingerprint density at radius 1 is 1.18 bits per heavy atom. The lowest BCUT2D eigenvalue weighted by atomic mass is 9.90. The monoisotopic (exact) mass is 460 g/mol. The van der Waals surface area contributed by atoms with E-state index >= 15 is 0 Å². The van der Waals surface area contributed by atoms with Crippen LogP contribution in [0, 0.1) is 24.0 Å². The molecule has 0 saturated heterocycles. The summed E-state index contributed by atoms with van der Waals surface area (Å²) < 4.78 is 47.2. The lowest BCUT2D eigenvalue weighted by Gasteiger charge is -2.17. The van der Waals surface area contributed by atoms with Crippen LogP contribution in [-0.2, 0) is 26.9 Å². The number of aromatic nitrogens is 2. The van der Waals surface area contributed by atoms with E-state index in [0.717, 1.165) is 6.07 Å². The highest BCUT2D eigenvalue weighted by Crippen LogP contribution is 2.35. The summed E-state index contributed by atoms with van der Waals surface area (Å²) in [5.41, 5.74) is 0.00947. The summed E-state index contributed by atoms with van der Waals surface area (Å²) in [6.07, 6.45) is -1.32. The van der Waals surface area contributed by atoms with Crippen molar-refractivity contribution in [3.05, 3.63) is 60.0 Å². The van der Waals surface area contributed by atoms with Crippen LogP contribution < -0.4 is 0 Å². The third-order valence-electron chi connectivity index (χ3n) is 5.32. The Kier molecular flexibility index (Phi) is 8.26. The molecular formula is C25H27F3N2O3. The molecule has 0 amide bonds. The summed E-state index contributed by atoms with van der Waals surface area (Å²) in [6, 6.07) is 11.3. The van der Waals surface area contributed by atoms with Crippen LogP contribution in [0.25, 0.3) is 16.8 Å². The molecule has 0 aliphatic heterocycles. The Bertz CT molecular complexity index is 1110. The second-order valence-corrected chi connectivity index (χ2v) is 7.95. The van der Waals surface area contributed by atoms with Gasteiger partial charge in [0.1, 0.15) is 11.4 Å². The molecule has 3 aromatic rings. The van der Waals surface area contributed by atoms with Gasteiger partial charge in [0.25, 0.3) is 0 Å². The maximum Gasteiger partial charge on any atom is 0.420 e. The minimum atomic E-state index is -4.61. The van der Waals surface area contributed by atoms with Crippen LogP contribution >= 0.6 is 0 Å². The van der Waals surface area contributed by atoms with Gasteiger partial charge in [0, 0.05) is 18.8 Å². The fourth-order valence-corrected chi connectivity index (χ4v) is 3.61. The van der Waals surface area contributed by atoms with Crippen molar-refractivity contribution in [3.63, 3.8) is 0 Å². The van der Waals surface area contributed by atoms with E-state index in [9.17, 15) is 22.8 Å². The number of fused-ring (bicyclic) bond motifs is 1. The zero-order chi connectivity index (χ0) is 23.5. The predicted octanol–water partition coefficient (Wildman–Crippen LogP) is 5.59. The molecule has 1 aromatic carbocycles. The molecule has 0 aliphatic rings. The Labute approximate surface area is 191 Å². The number of hydrogen-bond donors (Lipinski definition) is 0. The molecule has 3 rings (SSSR count). The van der Waals surface area contributed by atoms with Crippen molar-refractivity contribution >= 4 is 17.4 Å². The second-order valence-electron chi connectivity index (χ2n) is 7.95. The van der Waals surface area contributed by atoms with Gasteiger partial charge in [0.05, 0.1) is 30.7 Å². The van der Waals surface area contributed by atoms with Gasteiger partial charge in [-0.25, -0.2) is 4.98 Å². The highest BCUT2D eigenvalue weighted by atomic mass is 19.4. The number of ether oxygens (including phenoxy) is 1. The number of halogens is 3. The first-order valence-corrected chi connectivity index (χ1v) is 10.2. The molecule has 0 bridgehead atoms. The Hall–Kier alpha value is -3.34. The third kappa shape index (κ3) is 6.13. The number of imidazole rings is 1. The zero-order valence-corrected chi connectivity index (χ0v) is 18.0. The first kappa shape index (κ1) is 25.9. The maximum absolute atomic E-state index is 13.7. The lowest BCUT2D eigenvalue weighted by molar-refractivity contribution is -0.147. The van der Waals surface area contributed by atoms with Crippen LogP contribution in [0.15, 0.2) is 36.7 Å². The minimum Gasteiger partial charge on any atom is -0.469 e. The van der Waals surface area contributed by atoms with Gasteiger partial charge in [0.2, 0.25) is 0 Å². The van der Waals surface area contributed by atoms with E-state index in [0.29, 0.717) is 17.5 Å². The number of nitrogens with zero attached hydrogens (tertiary/aromatic N) is 2. The highest BCUT2D eigenvalue weighted by molar-refractivity contribution is 5.81. The van der Waals surface area contributed by atoms with E-state index < -0.39 is 17.7 Å². The number of esters is 1. The topological polar surface area (TPSA) is 60.7 Å². The molecule has 2 aromatic heterocycles. The summed E-state index contributed by atoms with van der Waals surface area (Å²) >= 11 is 0. The third-order valence-corrected chi connectivity index (χ3v) is 5.32. The van der Waals surface area contributed by atoms with Crippen LogP contribution in [0.5, 0.6) is 0 Å². The number of pyridine rings is 1. The van der Waals surface area contributed by atoms with Crippen molar-refractivity contribution < 1.29 is 27.5 Å². The van der Waals surface area contributed by atoms with E-state index in [2.05, 4.69) is 17.1 Å². The van der Waals surface area contributed by atoms with Crippen molar-refractivity contribution in [2.45, 2.75) is 46.7 Å². The molecule has 8 heteroatoms. The smallest absolute Gasteiger partial charge is 0.420 e. The standard InChI is InChI=1S/C24H23F3N2O3.CH4/c1-15(2)20(23(31)32-3)10-9-19(30)12-18-14-29-13-17(16-7-5-4-6-8-16)11-21(22(29)28-18)24(25,26)27;/h5,7-8,11,13-15,20H,9-10,12H2,1-3H3;1H4. The number of ketones is 1. The minimum absolute atomic E-state index is 0. The van der Waals surface area contributed by atoms with Gasteiger partial charge in [-0.2, -0.15) is 13.2 Å². The maximum atomic E-state index is 13.7. The predicted molar refractivity (Wildman–Crippen MR) is 118 cm³/mol. The summed E-state index contributed by atoms with van der Waals surface area (Å²) in [6.45, 7) is 3.74. The van der Waals surface area contributed by atoms with Crippen LogP contribution in [0.4, 0.5) is 13.2 Å². The quantitative estimate of drug-likeness (QED) is 0.411.